The van der Waals surface area contributed by atoms with Crippen molar-refractivity contribution in [1.82, 2.24) is 0 Å². The normalized spacial score (nSPS) is 22.2. The van der Waals surface area contributed by atoms with Crippen molar-refractivity contribution in [3.05, 3.63) is 0 Å². The van der Waals surface area contributed by atoms with E-state index in [9.17, 15) is 24.0 Å². The quantitative estimate of drug-likeness (QED) is 0.120. The predicted molar refractivity (Wildman–Crippen MR) is 141 cm³/mol. The number of hydrogen-bond acceptors (Lipinski definition) is 6. The maximum absolute atomic E-state index is 13.8. The van der Waals surface area contributed by atoms with Crippen LogP contribution in [0.25, 0.3) is 0 Å². The summed E-state index contributed by atoms with van der Waals surface area (Å²) in [5.41, 5.74) is -2.17. The monoisotopic (exact) mass is 506 g/mol. The Labute approximate surface area is 218 Å². The standard InChI is InChI=1S/C30H50O6/c1-8-9-10-11-12-13-14-15-25(32)36-30(24(31)19-17-21(4)5)23(18-16-20(2)3)28(34)26(29(30)35)27(33)22(6)7/h20-23,26H,8-19H2,1-7H3/t23-,26?,30+/m0/s1. The van der Waals surface area contributed by atoms with E-state index in [0.29, 0.717) is 19.3 Å². The molecule has 1 aliphatic carbocycles. The Morgan fingerprint density at radius 3 is 1.89 bits per heavy atom. The number of ether oxygens (including phenoxy) is 1. The average molecular weight is 507 g/mol. The van der Waals surface area contributed by atoms with Crippen LogP contribution < -0.4 is 0 Å². The fourth-order valence-corrected chi connectivity index (χ4v) is 4.94. The molecule has 0 bridgehead atoms. The van der Waals surface area contributed by atoms with Crippen molar-refractivity contribution in [2.24, 2.45) is 29.6 Å². The lowest BCUT2D eigenvalue weighted by Crippen LogP contribution is -2.53. The molecule has 0 heterocycles. The maximum Gasteiger partial charge on any atom is 0.307 e. The van der Waals surface area contributed by atoms with Gasteiger partial charge in [-0.15, -0.1) is 0 Å². The number of hydrogen-bond donors (Lipinski definition) is 0. The second-order valence-corrected chi connectivity index (χ2v) is 11.7. The van der Waals surface area contributed by atoms with Gasteiger partial charge in [-0.2, -0.15) is 0 Å². The molecule has 6 heteroatoms. The first kappa shape index (κ1) is 32.2. The van der Waals surface area contributed by atoms with Gasteiger partial charge in [0, 0.05) is 18.8 Å². The zero-order valence-corrected chi connectivity index (χ0v) is 23.8. The predicted octanol–water partition coefficient (Wildman–Crippen LogP) is 6.46. The van der Waals surface area contributed by atoms with E-state index in [0.717, 1.165) is 19.3 Å². The van der Waals surface area contributed by atoms with Crippen LogP contribution in [0, 0.1) is 29.6 Å². The molecular weight excluding hydrogens is 456 g/mol. The van der Waals surface area contributed by atoms with E-state index >= 15 is 0 Å². The Morgan fingerprint density at radius 1 is 0.806 bits per heavy atom. The summed E-state index contributed by atoms with van der Waals surface area (Å²) in [5, 5.41) is 0. The van der Waals surface area contributed by atoms with Crippen LogP contribution in [-0.4, -0.2) is 34.7 Å². The van der Waals surface area contributed by atoms with Crippen LogP contribution in [0.2, 0.25) is 0 Å². The molecule has 1 fully saturated rings. The molecule has 0 aliphatic heterocycles. The summed E-state index contributed by atoms with van der Waals surface area (Å²) >= 11 is 0. The molecule has 1 unspecified atom stereocenters. The molecule has 1 rings (SSSR count). The number of ketones is 4. The highest BCUT2D eigenvalue weighted by atomic mass is 16.6. The van der Waals surface area contributed by atoms with Gasteiger partial charge in [0.25, 0.3) is 0 Å². The number of carbonyl (C=O) groups excluding carboxylic acids is 5. The lowest BCUT2D eigenvalue weighted by Gasteiger charge is -2.32. The summed E-state index contributed by atoms with van der Waals surface area (Å²) in [5.74, 6) is -5.79. The number of rotatable bonds is 18. The molecule has 206 valence electrons. The topological polar surface area (TPSA) is 94.6 Å². The zero-order valence-electron chi connectivity index (χ0n) is 23.8. The number of Topliss-reactive ketones (excluding diaryl/α,β-unsaturated/α-hetero) is 4. The Morgan fingerprint density at radius 2 is 1.36 bits per heavy atom. The molecule has 1 aliphatic rings. The van der Waals surface area contributed by atoms with Crippen LogP contribution in [-0.2, 0) is 28.7 Å². The first-order valence-electron chi connectivity index (χ1n) is 14.3. The molecule has 6 nitrogen and oxygen atoms in total. The maximum atomic E-state index is 13.8. The van der Waals surface area contributed by atoms with Gasteiger partial charge in [-0.25, -0.2) is 0 Å². The van der Waals surface area contributed by atoms with Gasteiger partial charge in [0.2, 0.25) is 11.4 Å². The molecule has 0 aromatic carbocycles. The van der Waals surface area contributed by atoms with Gasteiger partial charge in [-0.1, -0.05) is 93.4 Å². The van der Waals surface area contributed by atoms with Crippen LogP contribution >= 0.6 is 0 Å². The number of carbonyl (C=O) groups is 5. The highest BCUT2D eigenvalue weighted by Gasteiger charge is 2.67. The van der Waals surface area contributed by atoms with E-state index in [2.05, 4.69) is 6.92 Å². The van der Waals surface area contributed by atoms with Gasteiger partial charge >= 0.3 is 5.97 Å². The van der Waals surface area contributed by atoms with Crippen LogP contribution in [0.4, 0.5) is 0 Å². The summed E-state index contributed by atoms with van der Waals surface area (Å²) < 4.78 is 5.81. The van der Waals surface area contributed by atoms with Crippen LogP contribution in [0.1, 0.15) is 126 Å². The fourth-order valence-electron chi connectivity index (χ4n) is 4.94. The van der Waals surface area contributed by atoms with Crippen LogP contribution in [0.5, 0.6) is 0 Å². The lowest BCUT2D eigenvalue weighted by molar-refractivity contribution is -0.177. The van der Waals surface area contributed by atoms with E-state index in [1.54, 1.807) is 13.8 Å². The molecule has 3 atom stereocenters. The summed E-state index contributed by atoms with van der Waals surface area (Å²) in [6.45, 7) is 13.4. The van der Waals surface area contributed by atoms with Crippen molar-refractivity contribution < 1.29 is 28.7 Å². The van der Waals surface area contributed by atoms with Crippen LogP contribution in [0.3, 0.4) is 0 Å². The molecule has 0 spiro atoms. The van der Waals surface area contributed by atoms with E-state index in [1.807, 2.05) is 27.7 Å². The summed E-state index contributed by atoms with van der Waals surface area (Å²) in [4.78, 5) is 66.9. The smallest absolute Gasteiger partial charge is 0.307 e. The van der Waals surface area contributed by atoms with Gasteiger partial charge < -0.3 is 4.74 Å². The molecule has 1 saturated carbocycles. The minimum absolute atomic E-state index is 0.0299. The Bertz CT molecular complexity index is 765. The second kappa shape index (κ2) is 15.4. The second-order valence-electron chi connectivity index (χ2n) is 11.7. The zero-order chi connectivity index (χ0) is 27.5. The summed E-state index contributed by atoms with van der Waals surface area (Å²) in [6.07, 6.45) is 8.61. The van der Waals surface area contributed by atoms with Gasteiger partial charge in [0.05, 0.1) is 5.92 Å². The number of esters is 1. The molecule has 36 heavy (non-hydrogen) atoms. The SMILES string of the molecule is CCCCCCCCCC(=O)O[C@]1(C(=O)CCC(C)C)C(=O)C(C(=O)C(C)C)C(=O)[C@@H]1CCC(C)C. The first-order valence-corrected chi connectivity index (χ1v) is 14.3. The average Bonchev–Trinajstić information content (AvgIpc) is 3.00. The lowest BCUT2D eigenvalue weighted by atomic mass is 9.79. The first-order chi connectivity index (χ1) is 16.9. The summed E-state index contributed by atoms with van der Waals surface area (Å²) in [7, 11) is 0. The molecule has 0 aromatic heterocycles. The highest BCUT2D eigenvalue weighted by molar-refractivity contribution is 6.34. The molecular formula is C30H50O6. The van der Waals surface area contributed by atoms with Gasteiger partial charge in [-0.05, 0) is 31.1 Å². The third-order valence-corrected chi connectivity index (χ3v) is 7.26. The van der Waals surface area contributed by atoms with Crippen molar-refractivity contribution in [2.45, 2.75) is 131 Å². The van der Waals surface area contributed by atoms with E-state index in [4.69, 9.17) is 4.74 Å². The fraction of sp³-hybridized carbons (Fsp3) is 0.833. The van der Waals surface area contributed by atoms with E-state index < -0.39 is 52.5 Å². The van der Waals surface area contributed by atoms with E-state index in [1.165, 1.54) is 19.3 Å². The van der Waals surface area contributed by atoms with Crippen LogP contribution in [0.15, 0.2) is 0 Å². The largest absolute Gasteiger partial charge is 0.442 e. The van der Waals surface area contributed by atoms with Gasteiger partial charge in [-0.3, -0.25) is 24.0 Å². The Hall–Kier alpha value is -1.85. The van der Waals surface area contributed by atoms with Crippen molar-refractivity contribution in [1.29, 1.82) is 0 Å². The Balaban J connectivity index is 3.24. The Kier molecular flexibility index (Phi) is 13.8. The summed E-state index contributed by atoms with van der Waals surface area (Å²) in [6, 6.07) is 0. The molecule has 0 radical (unpaired) electrons. The van der Waals surface area contributed by atoms with Crippen molar-refractivity contribution in [3.8, 4) is 0 Å². The highest BCUT2D eigenvalue weighted by Crippen LogP contribution is 2.43. The minimum atomic E-state index is -2.17. The third kappa shape index (κ3) is 8.62. The minimum Gasteiger partial charge on any atom is -0.442 e. The molecule has 0 N–H and O–H groups in total. The number of unbranched alkanes of at least 4 members (excludes halogenated alkanes) is 6. The van der Waals surface area contributed by atoms with Crippen molar-refractivity contribution >= 4 is 29.1 Å². The molecule has 0 saturated heterocycles. The van der Waals surface area contributed by atoms with Crippen molar-refractivity contribution in [2.75, 3.05) is 0 Å². The third-order valence-electron chi connectivity index (χ3n) is 7.26. The van der Waals surface area contributed by atoms with Gasteiger partial charge in [0.1, 0.15) is 5.92 Å². The molecule has 0 amide bonds. The molecule has 0 aromatic rings. The van der Waals surface area contributed by atoms with Gasteiger partial charge in [0.15, 0.2) is 17.3 Å². The van der Waals surface area contributed by atoms with E-state index in [-0.39, 0.29) is 31.1 Å². The van der Waals surface area contributed by atoms with Crippen molar-refractivity contribution in [3.63, 3.8) is 0 Å².